The number of nitrogens with zero attached hydrogens (tertiary/aromatic N) is 2. The Morgan fingerprint density at radius 3 is 2.83 bits per heavy atom. The molecular formula is C14H17N3O. The lowest BCUT2D eigenvalue weighted by molar-refractivity contribution is 0.454. The van der Waals surface area contributed by atoms with E-state index >= 15 is 0 Å². The first-order valence-corrected chi connectivity index (χ1v) is 6.04. The van der Waals surface area contributed by atoms with Gasteiger partial charge in [0.2, 0.25) is 5.88 Å². The van der Waals surface area contributed by atoms with Crippen LogP contribution in [0.5, 0.6) is 11.6 Å². The van der Waals surface area contributed by atoms with Crippen LogP contribution in [0.15, 0.2) is 30.6 Å². The summed E-state index contributed by atoms with van der Waals surface area (Å²) in [5.41, 5.74) is 7.88. The number of anilines is 1. The summed E-state index contributed by atoms with van der Waals surface area (Å²) in [6.07, 6.45) is 3.22. The zero-order valence-electron chi connectivity index (χ0n) is 10.7. The molecule has 0 aliphatic rings. The van der Waals surface area contributed by atoms with Crippen molar-refractivity contribution >= 4 is 5.82 Å². The van der Waals surface area contributed by atoms with Gasteiger partial charge in [-0.25, -0.2) is 9.97 Å². The molecule has 2 N–H and O–H groups in total. The average molecular weight is 243 g/mol. The van der Waals surface area contributed by atoms with Gasteiger partial charge in [0.15, 0.2) is 0 Å². The number of nitrogen functional groups attached to an aromatic ring is 1. The summed E-state index contributed by atoms with van der Waals surface area (Å²) in [5.74, 6) is 1.81. The van der Waals surface area contributed by atoms with Gasteiger partial charge in [-0.3, -0.25) is 0 Å². The van der Waals surface area contributed by atoms with Crippen molar-refractivity contribution in [3.63, 3.8) is 0 Å². The molecule has 0 unspecified atom stereocenters. The summed E-state index contributed by atoms with van der Waals surface area (Å²) in [6.45, 7) is 4.11. The molecule has 4 heteroatoms. The molecule has 0 saturated heterocycles. The maximum atomic E-state index is 5.86. The van der Waals surface area contributed by atoms with Gasteiger partial charge in [0.1, 0.15) is 17.9 Å². The lowest BCUT2D eigenvalue weighted by atomic mass is 10.2. The Morgan fingerprint density at radius 2 is 2.11 bits per heavy atom. The molecule has 0 aliphatic heterocycles. The number of benzene rings is 1. The Bertz CT molecular complexity index is 540. The molecule has 94 valence electrons. The standard InChI is InChI=1S/C14H17N3O/c1-3-5-12-13(15)16-9-17-14(12)18-11-7-4-6-10(2)8-11/h4,6-9H,3,5H2,1-2H3,(H2,15,16,17). The van der Waals surface area contributed by atoms with Gasteiger partial charge in [-0.2, -0.15) is 0 Å². The molecule has 1 heterocycles. The molecule has 1 aromatic heterocycles. The third-order valence-corrected chi connectivity index (χ3v) is 2.64. The second-order valence-corrected chi connectivity index (χ2v) is 4.21. The molecule has 18 heavy (non-hydrogen) atoms. The minimum absolute atomic E-state index is 0.495. The third kappa shape index (κ3) is 2.77. The molecular weight excluding hydrogens is 226 g/mol. The fourth-order valence-electron chi connectivity index (χ4n) is 1.77. The molecule has 0 bridgehead atoms. The van der Waals surface area contributed by atoms with Gasteiger partial charge in [-0.1, -0.05) is 25.5 Å². The van der Waals surface area contributed by atoms with Crippen LogP contribution in [0.3, 0.4) is 0 Å². The highest BCUT2D eigenvalue weighted by molar-refractivity contribution is 5.46. The topological polar surface area (TPSA) is 61.0 Å². The molecule has 0 fully saturated rings. The molecule has 1 aromatic carbocycles. The van der Waals surface area contributed by atoms with E-state index in [1.54, 1.807) is 0 Å². The van der Waals surface area contributed by atoms with Crippen molar-refractivity contribution in [2.24, 2.45) is 0 Å². The van der Waals surface area contributed by atoms with E-state index in [1.165, 1.54) is 6.33 Å². The lowest BCUT2D eigenvalue weighted by Gasteiger charge is -2.11. The van der Waals surface area contributed by atoms with Gasteiger partial charge in [-0.15, -0.1) is 0 Å². The first-order valence-electron chi connectivity index (χ1n) is 6.04. The predicted octanol–water partition coefficient (Wildman–Crippen LogP) is 3.11. The van der Waals surface area contributed by atoms with Crippen LogP contribution in [0.4, 0.5) is 5.82 Å². The number of hydrogen-bond donors (Lipinski definition) is 1. The Hall–Kier alpha value is -2.10. The zero-order chi connectivity index (χ0) is 13.0. The van der Waals surface area contributed by atoms with Gasteiger partial charge in [0.25, 0.3) is 0 Å². The van der Waals surface area contributed by atoms with Gasteiger partial charge in [0, 0.05) is 0 Å². The van der Waals surface area contributed by atoms with Crippen LogP contribution < -0.4 is 10.5 Å². The average Bonchev–Trinajstić information content (AvgIpc) is 2.34. The van der Waals surface area contributed by atoms with E-state index in [9.17, 15) is 0 Å². The van der Waals surface area contributed by atoms with Crippen molar-refractivity contribution in [2.75, 3.05) is 5.73 Å². The van der Waals surface area contributed by atoms with Crippen LogP contribution in [-0.4, -0.2) is 9.97 Å². The molecule has 2 aromatic rings. The van der Waals surface area contributed by atoms with E-state index in [2.05, 4.69) is 16.9 Å². The van der Waals surface area contributed by atoms with Crippen LogP contribution in [0.25, 0.3) is 0 Å². The highest BCUT2D eigenvalue weighted by Crippen LogP contribution is 2.26. The maximum absolute atomic E-state index is 5.86. The highest BCUT2D eigenvalue weighted by atomic mass is 16.5. The number of aromatic nitrogens is 2. The smallest absolute Gasteiger partial charge is 0.227 e. The fourth-order valence-corrected chi connectivity index (χ4v) is 1.77. The fraction of sp³-hybridized carbons (Fsp3) is 0.286. The third-order valence-electron chi connectivity index (χ3n) is 2.64. The second-order valence-electron chi connectivity index (χ2n) is 4.21. The van der Waals surface area contributed by atoms with E-state index in [1.807, 2.05) is 31.2 Å². The first kappa shape index (κ1) is 12.4. The van der Waals surface area contributed by atoms with Crippen LogP contribution in [0, 0.1) is 6.92 Å². The number of aryl methyl sites for hydroxylation is 1. The van der Waals surface area contributed by atoms with Crippen LogP contribution in [0.1, 0.15) is 24.5 Å². The lowest BCUT2D eigenvalue weighted by Crippen LogP contribution is -2.02. The first-order chi connectivity index (χ1) is 8.70. The molecule has 2 rings (SSSR count). The van der Waals surface area contributed by atoms with E-state index in [0.29, 0.717) is 11.7 Å². The monoisotopic (exact) mass is 243 g/mol. The van der Waals surface area contributed by atoms with Gasteiger partial charge >= 0.3 is 0 Å². The summed E-state index contributed by atoms with van der Waals surface area (Å²) < 4.78 is 5.79. The number of rotatable bonds is 4. The zero-order valence-corrected chi connectivity index (χ0v) is 10.7. The highest BCUT2D eigenvalue weighted by Gasteiger charge is 2.10. The van der Waals surface area contributed by atoms with Crippen LogP contribution in [0.2, 0.25) is 0 Å². The molecule has 0 atom stereocenters. The summed E-state index contributed by atoms with van der Waals surface area (Å²) in [5, 5.41) is 0. The molecule has 0 radical (unpaired) electrons. The normalized spacial score (nSPS) is 10.3. The van der Waals surface area contributed by atoms with Crippen molar-refractivity contribution in [2.45, 2.75) is 26.7 Å². The van der Waals surface area contributed by atoms with Crippen molar-refractivity contribution in [1.29, 1.82) is 0 Å². The quantitative estimate of drug-likeness (QED) is 0.896. The van der Waals surface area contributed by atoms with Crippen molar-refractivity contribution in [3.05, 3.63) is 41.7 Å². The van der Waals surface area contributed by atoms with E-state index in [-0.39, 0.29) is 0 Å². The Balaban J connectivity index is 2.31. The number of hydrogen-bond acceptors (Lipinski definition) is 4. The Morgan fingerprint density at radius 1 is 1.28 bits per heavy atom. The Labute approximate surface area is 107 Å². The number of nitrogens with two attached hydrogens (primary N) is 1. The second kappa shape index (κ2) is 5.49. The largest absolute Gasteiger partial charge is 0.439 e. The van der Waals surface area contributed by atoms with E-state index in [0.717, 1.165) is 29.7 Å². The molecule has 0 spiro atoms. The summed E-state index contributed by atoms with van der Waals surface area (Å²) in [6, 6.07) is 7.85. The minimum atomic E-state index is 0.495. The van der Waals surface area contributed by atoms with Crippen molar-refractivity contribution in [3.8, 4) is 11.6 Å². The SMILES string of the molecule is CCCc1c(N)ncnc1Oc1cccc(C)c1. The van der Waals surface area contributed by atoms with Crippen molar-refractivity contribution < 1.29 is 4.74 Å². The van der Waals surface area contributed by atoms with Gasteiger partial charge in [0.05, 0.1) is 5.56 Å². The van der Waals surface area contributed by atoms with Crippen molar-refractivity contribution in [1.82, 2.24) is 9.97 Å². The predicted molar refractivity (Wildman–Crippen MR) is 71.7 cm³/mol. The molecule has 4 nitrogen and oxygen atoms in total. The van der Waals surface area contributed by atoms with Crippen LogP contribution >= 0.6 is 0 Å². The Kier molecular flexibility index (Phi) is 3.77. The van der Waals surface area contributed by atoms with E-state index < -0.39 is 0 Å². The molecule has 0 saturated carbocycles. The van der Waals surface area contributed by atoms with Crippen LogP contribution in [-0.2, 0) is 6.42 Å². The summed E-state index contributed by atoms with van der Waals surface area (Å²) in [7, 11) is 0. The minimum Gasteiger partial charge on any atom is -0.439 e. The van der Waals surface area contributed by atoms with Gasteiger partial charge < -0.3 is 10.5 Å². The number of ether oxygens (including phenoxy) is 1. The maximum Gasteiger partial charge on any atom is 0.227 e. The summed E-state index contributed by atoms with van der Waals surface area (Å²) in [4.78, 5) is 8.17. The molecule has 0 amide bonds. The molecule has 0 aliphatic carbocycles. The summed E-state index contributed by atoms with van der Waals surface area (Å²) >= 11 is 0. The van der Waals surface area contributed by atoms with Gasteiger partial charge in [-0.05, 0) is 31.0 Å². The van der Waals surface area contributed by atoms with E-state index in [4.69, 9.17) is 10.5 Å².